The van der Waals surface area contributed by atoms with E-state index in [0.29, 0.717) is 0 Å². The summed E-state index contributed by atoms with van der Waals surface area (Å²) in [5.41, 5.74) is -1.05. The lowest BCUT2D eigenvalue weighted by Gasteiger charge is -2.12. The zero-order valence-electron chi connectivity index (χ0n) is 11.3. The van der Waals surface area contributed by atoms with E-state index < -0.39 is 23.3 Å². The fraction of sp³-hybridized carbons (Fsp3) is 0.286. The van der Waals surface area contributed by atoms with Gasteiger partial charge in [0.1, 0.15) is 0 Å². The number of carbonyl (C=O) groups is 1. The van der Waals surface area contributed by atoms with Gasteiger partial charge in [-0.25, -0.2) is 9.48 Å². The third-order valence-electron chi connectivity index (χ3n) is 3.00. The van der Waals surface area contributed by atoms with Crippen molar-refractivity contribution >= 4 is 5.97 Å². The van der Waals surface area contributed by atoms with Crippen molar-refractivity contribution in [2.24, 2.45) is 0 Å². The van der Waals surface area contributed by atoms with E-state index >= 15 is 0 Å². The van der Waals surface area contributed by atoms with E-state index in [0.717, 1.165) is 17.8 Å². The maximum absolute atomic E-state index is 12.9. The first-order chi connectivity index (χ1) is 9.70. The minimum atomic E-state index is -4.74. The van der Waals surface area contributed by atoms with Crippen molar-refractivity contribution in [3.05, 3.63) is 47.3 Å². The van der Waals surface area contributed by atoms with Gasteiger partial charge in [0.05, 0.1) is 22.5 Å². The Bertz CT molecular complexity index is 675. The number of halogens is 3. The molecule has 0 amide bonds. The van der Waals surface area contributed by atoms with E-state index in [4.69, 9.17) is 5.11 Å². The van der Waals surface area contributed by atoms with Crippen LogP contribution in [-0.4, -0.2) is 20.9 Å². The largest absolute Gasteiger partial charge is 0.478 e. The molecule has 2 rings (SSSR count). The topological polar surface area (TPSA) is 55.1 Å². The number of carboxylic acids is 1. The Hall–Kier alpha value is -2.31. The van der Waals surface area contributed by atoms with Gasteiger partial charge in [0.15, 0.2) is 0 Å². The third-order valence-corrected chi connectivity index (χ3v) is 3.00. The lowest BCUT2D eigenvalue weighted by molar-refractivity contribution is -0.138. The second-order valence-corrected chi connectivity index (χ2v) is 4.87. The lowest BCUT2D eigenvalue weighted by Crippen LogP contribution is -2.14. The van der Waals surface area contributed by atoms with E-state index in [9.17, 15) is 18.0 Å². The Kier molecular flexibility index (Phi) is 3.76. The molecule has 0 fully saturated rings. The molecule has 21 heavy (non-hydrogen) atoms. The standard InChI is InChI=1S/C14H13F3N2O2/c1-8(2)12-5-6-19(18-12)9-3-4-10(13(20)21)11(7-9)14(15,16)17/h3-8H,1-2H3,(H,20,21). The monoisotopic (exact) mass is 298 g/mol. The third kappa shape index (κ3) is 3.07. The number of rotatable bonds is 3. The molecule has 0 saturated carbocycles. The number of carboxylic acid groups (broad SMARTS) is 1. The molecule has 0 aliphatic heterocycles. The zero-order valence-corrected chi connectivity index (χ0v) is 11.3. The van der Waals surface area contributed by atoms with Crippen molar-refractivity contribution in [2.75, 3.05) is 0 Å². The van der Waals surface area contributed by atoms with Crippen LogP contribution in [0.5, 0.6) is 0 Å². The zero-order chi connectivity index (χ0) is 15.8. The minimum Gasteiger partial charge on any atom is -0.478 e. The maximum Gasteiger partial charge on any atom is 0.417 e. The average Bonchev–Trinajstić information content (AvgIpc) is 2.86. The van der Waals surface area contributed by atoms with Gasteiger partial charge in [0, 0.05) is 6.20 Å². The van der Waals surface area contributed by atoms with Crippen molar-refractivity contribution in [2.45, 2.75) is 25.9 Å². The first-order valence-electron chi connectivity index (χ1n) is 6.20. The molecule has 4 nitrogen and oxygen atoms in total. The first kappa shape index (κ1) is 15.1. The number of nitrogens with zero attached hydrogens (tertiary/aromatic N) is 2. The average molecular weight is 298 g/mol. The molecule has 2 aromatic rings. The van der Waals surface area contributed by atoms with Crippen LogP contribution in [0, 0.1) is 0 Å². The highest BCUT2D eigenvalue weighted by molar-refractivity contribution is 5.90. The lowest BCUT2D eigenvalue weighted by atomic mass is 10.1. The Morgan fingerprint density at radius 3 is 2.43 bits per heavy atom. The summed E-state index contributed by atoms with van der Waals surface area (Å²) in [4.78, 5) is 10.9. The highest BCUT2D eigenvalue weighted by atomic mass is 19.4. The number of hydrogen-bond acceptors (Lipinski definition) is 2. The summed E-state index contributed by atoms with van der Waals surface area (Å²) in [6, 6.07) is 4.75. The highest BCUT2D eigenvalue weighted by Crippen LogP contribution is 2.33. The predicted octanol–water partition coefficient (Wildman–Crippen LogP) is 3.71. The molecule has 1 heterocycles. The molecule has 0 bridgehead atoms. The molecule has 7 heteroatoms. The van der Waals surface area contributed by atoms with Gasteiger partial charge >= 0.3 is 12.1 Å². The van der Waals surface area contributed by atoms with E-state index in [1.54, 1.807) is 12.3 Å². The van der Waals surface area contributed by atoms with Crippen LogP contribution in [0.4, 0.5) is 13.2 Å². The summed E-state index contributed by atoms with van der Waals surface area (Å²) in [6.07, 6.45) is -3.19. The molecular formula is C14H13F3N2O2. The Labute approximate surface area is 118 Å². The summed E-state index contributed by atoms with van der Waals surface area (Å²) >= 11 is 0. The number of benzene rings is 1. The summed E-state index contributed by atoms with van der Waals surface area (Å²) in [5.74, 6) is -1.47. The van der Waals surface area contributed by atoms with Crippen LogP contribution in [0.3, 0.4) is 0 Å². The van der Waals surface area contributed by atoms with E-state index in [2.05, 4.69) is 5.10 Å². The molecule has 0 saturated heterocycles. The molecule has 0 aliphatic carbocycles. The number of hydrogen-bond donors (Lipinski definition) is 1. The van der Waals surface area contributed by atoms with Crippen LogP contribution >= 0.6 is 0 Å². The Morgan fingerprint density at radius 2 is 1.95 bits per heavy atom. The summed E-state index contributed by atoms with van der Waals surface area (Å²) in [6.45, 7) is 3.84. The molecule has 0 atom stereocenters. The highest BCUT2D eigenvalue weighted by Gasteiger charge is 2.35. The van der Waals surface area contributed by atoms with Gasteiger partial charge < -0.3 is 5.11 Å². The van der Waals surface area contributed by atoms with Gasteiger partial charge in [-0.3, -0.25) is 0 Å². The van der Waals surface area contributed by atoms with Gasteiger partial charge in [-0.2, -0.15) is 18.3 Å². The van der Waals surface area contributed by atoms with Crippen molar-refractivity contribution in [1.82, 2.24) is 9.78 Å². The van der Waals surface area contributed by atoms with Gasteiger partial charge in [-0.15, -0.1) is 0 Å². The van der Waals surface area contributed by atoms with E-state index in [-0.39, 0.29) is 11.6 Å². The predicted molar refractivity (Wildman–Crippen MR) is 69.6 cm³/mol. The van der Waals surface area contributed by atoms with Gasteiger partial charge in [0.2, 0.25) is 0 Å². The van der Waals surface area contributed by atoms with Gasteiger partial charge in [-0.05, 0) is 30.2 Å². The van der Waals surface area contributed by atoms with Crippen LogP contribution in [0.25, 0.3) is 5.69 Å². The summed E-state index contributed by atoms with van der Waals surface area (Å²) < 4.78 is 40.1. The molecule has 1 aromatic heterocycles. The first-order valence-corrected chi connectivity index (χ1v) is 6.20. The van der Waals surface area contributed by atoms with E-state index in [1.165, 1.54) is 10.7 Å². The quantitative estimate of drug-likeness (QED) is 0.939. The second-order valence-electron chi connectivity index (χ2n) is 4.87. The normalized spacial score (nSPS) is 11.9. The molecule has 0 unspecified atom stereocenters. The Balaban J connectivity index is 2.53. The van der Waals surface area contributed by atoms with Crippen molar-refractivity contribution in [3.8, 4) is 5.69 Å². The molecule has 1 aromatic carbocycles. The number of alkyl halides is 3. The van der Waals surface area contributed by atoms with Crippen molar-refractivity contribution < 1.29 is 23.1 Å². The molecule has 0 spiro atoms. The minimum absolute atomic E-state index is 0.145. The maximum atomic E-state index is 12.9. The van der Waals surface area contributed by atoms with Crippen LogP contribution in [0.2, 0.25) is 0 Å². The molecule has 112 valence electrons. The number of aromatic nitrogens is 2. The van der Waals surface area contributed by atoms with Crippen molar-refractivity contribution in [1.29, 1.82) is 0 Å². The molecule has 1 N–H and O–H groups in total. The summed E-state index contributed by atoms with van der Waals surface area (Å²) in [7, 11) is 0. The second kappa shape index (κ2) is 5.23. The van der Waals surface area contributed by atoms with Crippen LogP contribution in [-0.2, 0) is 6.18 Å². The summed E-state index contributed by atoms with van der Waals surface area (Å²) in [5, 5.41) is 13.0. The Morgan fingerprint density at radius 1 is 1.29 bits per heavy atom. The SMILES string of the molecule is CC(C)c1ccn(-c2ccc(C(=O)O)c(C(F)(F)F)c2)n1. The fourth-order valence-corrected chi connectivity index (χ4v) is 1.89. The van der Waals surface area contributed by atoms with Crippen LogP contribution in [0.1, 0.15) is 41.4 Å². The molecule has 0 aliphatic rings. The molecular weight excluding hydrogens is 285 g/mol. The number of aromatic carboxylic acids is 1. The van der Waals surface area contributed by atoms with E-state index in [1.807, 2.05) is 13.8 Å². The van der Waals surface area contributed by atoms with Gasteiger partial charge in [0.25, 0.3) is 0 Å². The van der Waals surface area contributed by atoms with Crippen LogP contribution in [0.15, 0.2) is 30.5 Å². The fourth-order valence-electron chi connectivity index (χ4n) is 1.89. The van der Waals surface area contributed by atoms with Crippen molar-refractivity contribution in [3.63, 3.8) is 0 Å². The van der Waals surface area contributed by atoms with Crippen LogP contribution < -0.4 is 0 Å². The molecule has 0 radical (unpaired) electrons. The van der Waals surface area contributed by atoms with Gasteiger partial charge in [-0.1, -0.05) is 13.8 Å². The smallest absolute Gasteiger partial charge is 0.417 e.